The van der Waals surface area contributed by atoms with Gasteiger partial charge >= 0.3 is 12.1 Å². The van der Waals surface area contributed by atoms with E-state index in [1.54, 1.807) is 7.11 Å². The summed E-state index contributed by atoms with van der Waals surface area (Å²) in [5, 5.41) is 7.12. The Labute approximate surface area is 185 Å². The first-order valence-corrected chi connectivity index (χ1v) is 10.7. The smallest absolute Gasteiger partial charge is 0.490 e. The molecule has 3 heterocycles. The van der Waals surface area contributed by atoms with Crippen LogP contribution in [0.2, 0.25) is 0 Å². The second kappa shape index (κ2) is 10.1. The first-order chi connectivity index (χ1) is 15.1. The second-order valence-electron chi connectivity index (χ2n) is 8.48. The fourth-order valence-corrected chi connectivity index (χ4v) is 4.66. The molecule has 3 saturated heterocycles. The molecule has 178 valence electrons. The Balaban J connectivity index is 0.000000360. The van der Waals surface area contributed by atoms with Gasteiger partial charge in [-0.05, 0) is 43.4 Å². The summed E-state index contributed by atoms with van der Waals surface area (Å²) in [6.07, 6.45) is -0.272. The highest BCUT2D eigenvalue weighted by atomic mass is 19.4. The number of benzene rings is 1. The Bertz CT molecular complexity index is 802. The summed E-state index contributed by atoms with van der Waals surface area (Å²) in [5.74, 6) is -1.52. The maximum Gasteiger partial charge on any atom is 0.490 e. The largest absolute Gasteiger partial charge is 0.497 e. The number of likely N-dealkylation sites (tertiary alicyclic amines) is 2. The van der Waals surface area contributed by atoms with Gasteiger partial charge in [-0.25, -0.2) is 4.79 Å². The van der Waals surface area contributed by atoms with E-state index in [4.69, 9.17) is 19.4 Å². The maximum absolute atomic E-state index is 12.1. The van der Waals surface area contributed by atoms with Gasteiger partial charge in [-0.2, -0.15) is 13.2 Å². The number of carbonyl (C=O) groups is 2. The van der Waals surface area contributed by atoms with E-state index >= 15 is 0 Å². The fourth-order valence-electron chi connectivity index (χ4n) is 4.66. The third-order valence-corrected chi connectivity index (χ3v) is 6.22. The van der Waals surface area contributed by atoms with E-state index in [1.165, 1.54) is 5.56 Å². The van der Waals surface area contributed by atoms with E-state index in [2.05, 4.69) is 21.9 Å². The Morgan fingerprint density at radius 2 is 1.97 bits per heavy atom. The van der Waals surface area contributed by atoms with Crippen LogP contribution in [0.4, 0.5) is 13.2 Å². The van der Waals surface area contributed by atoms with Gasteiger partial charge in [0.2, 0.25) is 5.91 Å². The minimum absolute atomic E-state index is 0.0573. The molecule has 10 heteroatoms. The molecule has 1 amide bonds. The predicted octanol–water partition coefficient (Wildman–Crippen LogP) is 3.07. The minimum atomic E-state index is -5.08. The van der Waals surface area contributed by atoms with Gasteiger partial charge in [0.25, 0.3) is 0 Å². The van der Waals surface area contributed by atoms with Crippen molar-refractivity contribution in [2.24, 2.45) is 0 Å². The fraction of sp³-hybridized carbons (Fsp3) is 0.636. The number of hydrogen-bond acceptors (Lipinski definition) is 5. The van der Waals surface area contributed by atoms with Crippen molar-refractivity contribution in [3.05, 3.63) is 29.8 Å². The van der Waals surface area contributed by atoms with Crippen LogP contribution < -0.4 is 4.74 Å². The third-order valence-electron chi connectivity index (χ3n) is 6.22. The monoisotopic (exact) mass is 458 g/mol. The molecular formula is C22H29F3N2O5. The number of halogens is 3. The maximum atomic E-state index is 12.1. The summed E-state index contributed by atoms with van der Waals surface area (Å²) in [5.41, 5.74) is 1.25. The minimum Gasteiger partial charge on any atom is -0.497 e. The van der Waals surface area contributed by atoms with E-state index in [-0.39, 0.29) is 5.60 Å². The Hall–Kier alpha value is -2.33. The summed E-state index contributed by atoms with van der Waals surface area (Å²) in [6, 6.07) is 8.69. The van der Waals surface area contributed by atoms with Crippen molar-refractivity contribution in [3.63, 3.8) is 0 Å². The van der Waals surface area contributed by atoms with Crippen LogP contribution in [0.15, 0.2) is 24.3 Å². The van der Waals surface area contributed by atoms with Crippen LogP contribution in [-0.4, -0.2) is 78.0 Å². The van der Waals surface area contributed by atoms with E-state index < -0.39 is 12.1 Å². The highest BCUT2D eigenvalue weighted by molar-refractivity contribution is 5.78. The molecule has 0 saturated carbocycles. The SMILES string of the molecule is COc1ccc(CN2CC[C@@]3(C[C@@H](N4CCCC4=O)CCO3)C2)cc1.O=C(O)C(F)(F)F. The van der Waals surface area contributed by atoms with Crippen molar-refractivity contribution < 1.29 is 37.3 Å². The number of alkyl halides is 3. The summed E-state index contributed by atoms with van der Waals surface area (Å²) in [7, 11) is 1.70. The van der Waals surface area contributed by atoms with Crippen molar-refractivity contribution in [1.29, 1.82) is 0 Å². The topological polar surface area (TPSA) is 79.3 Å². The van der Waals surface area contributed by atoms with Crippen LogP contribution in [0.1, 0.15) is 37.7 Å². The summed E-state index contributed by atoms with van der Waals surface area (Å²) in [6.45, 7) is 4.70. The lowest BCUT2D eigenvalue weighted by Gasteiger charge is -2.41. The lowest BCUT2D eigenvalue weighted by atomic mass is 9.89. The second-order valence-corrected chi connectivity index (χ2v) is 8.48. The van der Waals surface area contributed by atoms with Crippen molar-refractivity contribution in [2.45, 2.75) is 56.5 Å². The van der Waals surface area contributed by atoms with Gasteiger partial charge in [-0.3, -0.25) is 9.69 Å². The van der Waals surface area contributed by atoms with Crippen LogP contribution in [0.3, 0.4) is 0 Å². The van der Waals surface area contributed by atoms with Gasteiger partial charge in [-0.15, -0.1) is 0 Å². The number of amides is 1. The number of methoxy groups -OCH3 is 1. The van der Waals surface area contributed by atoms with Crippen LogP contribution in [0.5, 0.6) is 5.75 Å². The number of aliphatic carboxylic acids is 1. The summed E-state index contributed by atoms with van der Waals surface area (Å²) in [4.78, 5) is 25.6. The van der Waals surface area contributed by atoms with Crippen LogP contribution >= 0.6 is 0 Å². The zero-order valence-corrected chi connectivity index (χ0v) is 18.1. The number of carbonyl (C=O) groups excluding carboxylic acids is 1. The molecule has 7 nitrogen and oxygen atoms in total. The first kappa shape index (κ1) is 24.3. The number of carboxylic acid groups (broad SMARTS) is 1. The number of carboxylic acids is 1. The Kier molecular flexibility index (Phi) is 7.66. The first-order valence-electron chi connectivity index (χ1n) is 10.7. The van der Waals surface area contributed by atoms with Crippen LogP contribution in [-0.2, 0) is 20.9 Å². The highest BCUT2D eigenvalue weighted by Crippen LogP contribution is 2.37. The van der Waals surface area contributed by atoms with Crippen molar-refractivity contribution >= 4 is 11.9 Å². The van der Waals surface area contributed by atoms with Gasteiger partial charge < -0.3 is 19.5 Å². The van der Waals surface area contributed by atoms with Gasteiger partial charge in [0, 0.05) is 45.2 Å². The molecule has 0 aromatic heterocycles. The molecule has 0 radical (unpaired) electrons. The van der Waals surface area contributed by atoms with Crippen LogP contribution in [0, 0.1) is 0 Å². The molecule has 1 N–H and O–H groups in total. The normalized spacial score (nSPS) is 26.2. The lowest BCUT2D eigenvalue weighted by Crippen LogP contribution is -2.50. The van der Waals surface area contributed by atoms with Crippen molar-refractivity contribution in [3.8, 4) is 5.75 Å². The quantitative estimate of drug-likeness (QED) is 0.747. The van der Waals surface area contributed by atoms with E-state index in [0.717, 1.165) is 70.6 Å². The molecule has 0 bridgehead atoms. The molecule has 1 spiro atoms. The molecule has 32 heavy (non-hydrogen) atoms. The number of nitrogens with zero attached hydrogens (tertiary/aromatic N) is 2. The molecule has 1 aromatic carbocycles. The highest BCUT2D eigenvalue weighted by Gasteiger charge is 2.45. The lowest BCUT2D eigenvalue weighted by molar-refractivity contribution is -0.192. The zero-order chi connectivity index (χ0) is 23.4. The average Bonchev–Trinajstić information content (AvgIpc) is 3.34. The molecule has 3 aliphatic rings. The Morgan fingerprint density at radius 1 is 1.28 bits per heavy atom. The van der Waals surface area contributed by atoms with Gasteiger partial charge in [0.15, 0.2) is 0 Å². The molecule has 4 rings (SSSR count). The molecule has 3 aliphatic heterocycles. The molecule has 2 atom stereocenters. The van der Waals surface area contributed by atoms with E-state index in [1.807, 2.05) is 12.1 Å². The third kappa shape index (κ3) is 6.13. The zero-order valence-electron chi connectivity index (χ0n) is 18.1. The molecular weight excluding hydrogens is 429 g/mol. The van der Waals surface area contributed by atoms with E-state index in [9.17, 15) is 18.0 Å². The standard InChI is InChI=1S/C20H28N2O3.C2HF3O2/c1-24-18-6-4-16(5-7-18)14-21-11-9-20(15-21)13-17(8-12-25-20)22-10-2-3-19(22)23;3-2(4,5)1(6)7/h4-7,17H,2-3,8-15H2,1H3;(H,6,7)/t17-,20+;/m0./s1. The van der Waals surface area contributed by atoms with Gasteiger partial charge in [-0.1, -0.05) is 12.1 Å². The van der Waals surface area contributed by atoms with Gasteiger partial charge in [0.05, 0.1) is 12.7 Å². The van der Waals surface area contributed by atoms with Crippen molar-refractivity contribution in [1.82, 2.24) is 9.80 Å². The molecule has 0 unspecified atom stereocenters. The summed E-state index contributed by atoms with van der Waals surface area (Å²) < 4.78 is 43.2. The Morgan fingerprint density at radius 3 is 2.53 bits per heavy atom. The van der Waals surface area contributed by atoms with Gasteiger partial charge in [0.1, 0.15) is 5.75 Å². The number of ether oxygens (including phenoxy) is 2. The van der Waals surface area contributed by atoms with Crippen LogP contribution in [0.25, 0.3) is 0 Å². The number of rotatable bonds is 4. The molecule has 3 fully saturated rings. The number of hydrogen-bond donors (Lipinski definition) is 1. The average molecular weight is 458 g/mol. The van der Waals surface area contributed by atoms with Crippen molar-refractivity contribution in [2.75, 3.05) is 33.4 Å². The van der Waals surface area contributed by atoms with E-state index in [0.29, 0.717) is 11.9 Å². The molecule has 0 aliphatic carbocycles. The molecule has 1 aromatic rings. The predicted molar refractivity (Wildman–Crippen MR) is 109 cm³/mol. The summed E-state index contributed by atoms with van der Waals surface area (Å²) >= 11 is 0.